The standard InChI is InChI=1S/C10H22O.C8H6S/c1-3-5-7-9-11-10-8-6-4-2;1-2-4-8-7(3-1)5-6-9-8/h3-10H2,1-2H3;1-6H. The maximum atomic E-state index is 5.44. The van der Waals surface area contributed by atoms with Gasteiger partial charge in [0.15, 0.2) is 0 Å². The van der Waals surface area contributed by atoms with Crippen LogP contribution in [0.1, 0.15) is 52.4 Å². The second kappa shape index (κ2) is 11.9. The van der Waals surface area contributed by atoms with Crippen LogP contribution in [0.3, 0.4) is 0 Å². The van der Waals surface area contributed by atoms with Crippen LogP contribution in [0.25, 0.3) is 10.1 Å². The van der Waals surface area contributed by atoms with Gasteiger partial charge in [0.1, 0.15) is 0 Å². The molecule has 1 aromatic carbocycles. The van der Waals surface area contributed by atoms with E-state index < -0.39 is 0 Å². The largest absolute Gasteiger partial charge is 0.381 e. The third-order valence-corrected chi connectivity index (χ3v) is 4.04. The summed E-state index contributed by atoms with van der Waals surface area (Å²) in [5.74, 6) is 0. The van der Waals surface area contributed by atoms with Crippen LogP contribution in [0.2, 0.25) is 0 Å². The monoisotopic (exact) mass is 292 g/mol. The third-order valence-electron chi connectivity index (χ3n) is 3.15. The zero-order valence-corrected chi connectivity index (χ0v) is 13.8. The topological polar surface area (TPSA) is 9.23 Å². The zero-order valence-electron chi connectivity index (χ0n) is 12.9. The molecule has 1 aromatic heterocycles. The van der Waals surface area contributed by atoms with Crippen LogP contribution in [0.15, 0.2) is 35.7 Å². The molecule has 1 heterocycles. The molecule has 2 aromatic rings. The minimum atomic E-state index is 0.970. The van der Waals surface area contributed by atoms with Crippen molar-refractivity contribution in [2.24, 2.45) is 0 Å². The third kappa shape index (κ3) is 7.66. The van der Waals surface area contributed by atoms with Gasteiger partial charge in [-0.15, -0.1) is 11.3 Å². The quantitative estimate of drug-likeness (QED) is 0.520. The molecular formula is C18H28OS. The maximum absolute atomic E-state index is 5.44. The molecule has 112 valence electrons. The lowest BCUT2D eigenvalue weighted by Gasteiger charge is -2.01. The van der Waals surface area contributed by atoms with Crippen LogP contribution in [-0.4, -0.2) is 13.2 Å². The first-order valence-electron chi connectivity index (χ1n) is 7.88. The van der Waals surface area contributed by atoms with Crippen molar-refractivity contribution < 1.29 is 4.74 Å². The lowest BCUT2D eigenvalue weighted by atomic mass is 10.2. The smallest absolute Gasteiger partial charge is 0.0466 e. The Hall–Kier alpha value is -0.860. The van der Waals surface area contributed by atoms with E-state index in [9.17, 15) is 0 Å². The lowest BCUT2D eigenvalue weighted by Crippen LogP contribution is -1.96. The molecule has 0 amide bonds. The SMILES string of the molecule is CCCCCOCCCCC.c1ccc2sccc2c1. The second-order valence-electron chi connectivity index (χ2n) is 4.99. The van der Waals surface area contributed by atoms with E-state index >= 15 is 0 Å². The summed E-state index contributed by atoms with van der Waals surface area (Å²) >= 11 is 1.79. The van der Waals surface area contributed by atoms with E-state index in [-0.39, 0.29) is 0 Å². The summed E-state index contributed by atoms with van der Waals surface area (Å²) in [6.07, 6.45) is 7.68. The zero-order chi connectivity index (χ0) is 14.5. The predicted molar refractivity (Wildman–Crippen MR) is 91.7 cm³/mol. The van der Waals surface area contributed by atoms with Gasteiger partial charge in [-0.2, -0.15) is 0 Å². The molecule has 0 N–H and O–H groups in total. The lowest BCUT2D eigenvalue weighted by molar-refractivity contribution is 0.126. The molecule has 0 aliphatic carbocycles. The molecule has 0 saturated carbocycles. The summed E-state index contributed by atoms with van der Waals surface area (Å²) in [7, 11) is 0. The molecule has 0 spiro atoms. The number of hydrogen-bond acceptors (Lipinski definition) is 2. The van der Waals surface area contributed by atoms with Gasteiger partial charge >= 0.3 is 0 Å². The average molecular weight is 292 g/mol. The molecular weight excluding hydrogens is 264 g/mol. The molecule has 0 bridgehead atoms. The molecule has 0 radical (unpaired) electrons. The van der Waals surface area contributed by atoms with E-state index in [0.717, 1.165) is 13.2 Å². The Labute approximate surface area is 128 Å². The van der Waals surface area contributed by atoms with Crippen LogP contribution < -0.4 is 0 Å². The number of benzene rings is 1. The molecule has 2 heteroatoms. The first-order valence-corrected chi connectivity index (χ1v) is 8.76. The fraction of sp³-hybridized carbons (Fsp3) is 0.556. The maximum Gasteiger partial charge on any atom is 0.0466 e. The van der Waals surface area contributed by atoms with E-state index in [4.69, 9.17) is 4.74 Å². The molecule has 0 unspecified atom stereocenters. The number of fused-ring (bicyclic) bond motifs is 1. The summed E-state index contributed by atoms with van der Waals surface area (Å²) < 4.78 is 6.81. The van der Waals surface area contributed by atoms with Crippen molar-refractivity contribution in [1.82, 2.24) is 0 Å². The van der Waals surface area contributed by atoms with Crippen LogP contribution in [0.4, 0.5) is 0 Å². The minimum Gasteiger partial charge on any atom is -0.381 e. The number of unbranched alkanes of at least 4 members (excludes halogenated alkanes) is 4. The van der Waals surface area contributed by atoms with Crippen molar-refractivity contribution >= 4 is 21.4 Å². The van der Waals surface area contributed by atoms with Gasteiger partial charge in [-0.25, -0.2) is 0 Å². The highest BCUT2D eigenvalue weighted by atomic mass is 32.1. The molecule has 2 rings (SSSR count). The van der Waals surface area contributed by atoms with Crippen molar-refractivity contribution in [3.8, 4) is 0 Å². The molecule has 0 aliphatic rings. The summed E-state index contributed by atoms with van der Waals surface area (Å²) in [5, 5.41) is 3.47. The van der Waals surface area contributed by atoms with E-state index in [1.54, 1.807) is 11.3 Å². The van der Waals surface area contributed by atoms with Crippen molar-refractivity contribution in [1.29, 1.82) is 0 Å². The van der Waals surface area contributed by atoms with Crippen LogP contribution in [0, 0.1) is 0 Å². The normalized spacial score (nSPS) is 10.3. The minimum absolute atomic E-state index is 0.970. The summed E-state index contributed by atoms with van der Waals surface area (Å²) in [6, 6.07) is 10.5. The highest BCUT2D eigenvalue weighted by Gasteiger charge is 1.88. The van der Waals surface area contributed by atoms with Gasteiger partial charge in [0, 0.05) is 17.9 Å². The fourth-order valence-electron chi connectivity index (χ4n) is 1.92. The van der Waals surface area contributed by atoms with E-state index in [0.29, 0.717) is 0 Å². The average Bonchev–Trinajstić information content (AvgIpc) is 2.95. The Kier molecular flexibility index (Phi) is 10.3. The Bertz CT molecular complexity index is 397. The number of hydrogen-bond donors (Lipinski definition) is 0. The fourth-order valence-corrected chi connectivity index (χ4v) is 2.71. The summed E-state index contributed by atoms with van der Waals surface area (Å²) in [5.41, 5.74) is 0. The first-order chi connectivity index (χ1) is 9.88. The van der Waals surface area contributed by atoms with Gasteiger partial charge in [-0.3, -0.25) is 0 Å². The van der Waals surface area contributed by atoms with Crippen LogP contribution >= 0.6 is 11.3 Å². The molecule has 20 heavy (non-hydrogen) atoms. The van der Waals surface area contributed by atoms with Crippen LogP contribution in [0.5, 0.6) is 0 Å². The van der Waals surface area contributed by atoms with E-state index in [2.05, 4.69) is 49.6 Å². The van der Waals surface area contributed by atoms with Gasteiger partial charge in [-0.05, 0) is 35.7 Å². The Morgan fingerprint density at radius 2 is 1.50 bits per heavy atom. The number of rotatable bonds is 8. The molecule has 1 nitrogen and oxygen atoms in total. The number of thiophene rings is 1. The molecule has 0 saturated heterocycles. The highest BCUT2D eigenvalue weighted by molar-refractivity contribution is 7.17. The predicted octanol–water partition coefficient (Wildman–Crippen LogP) is 6.28. The van der Waals surface area contributed by atoms with Gasteiger partial charge in [0.25, 0.3) is 0 Å². The Balaban J connectivity index is 0.000000202. The number of ether oxygens (including phenoxy) is 1. The Morgan fingerprint density at radius 1 is 0.850 bits per heavy atom. The molecule has 0 aliphatic heterocycles. The summed E-state index contributed by atoms with van der Waals surface area (Å²) in [6.45, 7) is 6.38. The second-order valence-corrected chi connectivity index (χ2v) is 5.93. The first kappa shape index (κ1) is 17.2. The van der Waals surface area contributed by atoms with E-state index in [1.807, 2.05) is 0 Å². The summed E-state index contributed by atoms with van der Waals surface area (Å²) in [4.78, 5) is 0. The van der Waals surface area contributed by atoms with Crippen molar-refractivity contribution in [3.63, 3.8) is 0 Å². The van der Waals surface area contributed by atoms with Crippen LogP contribution in [-0.2, 0) is 4.74 Å². The van der Waals surface area contributed by atoms with Crippen molar-refractivity contribution in [2.75, 3.05) is 13.2 Å². The van der Waals surface area contributed by atoms with Gasteiger partial charge < -0.3 is 4.74 Å². The van der Waals surface area contributed by atoms with Gasteiger partial charge in [0.2, 0.25) is 0 Å². The van der Waals surface area contributed by atoms with Crippen molar-refractivity contribution in [3.05, 3.63) is 35.7 Å². The van der Waals surface area contributed by atoms with Gasteiger partial charge in [0.05, 0.1) is 0 Å². The molecule has 0 atom stereocenters. The highest BCUT2D eigenvalue weighted by Crippen LogP contribution is 2.18. The molecule has 0 fully saturated rings. The van der Waals surface area contributed by atoms with Crippen molar-refractivity contribution in [2.45, 2.75) is 52.4 Å². The van der Waals surface area contributed by atoms with Gasteiger partial charge in [-0.1, -0.05) is 57.7 Å². The van der Waals surface area contributed by atoms with E-state index in [1.165, 1.54) is 48.6 Å². The Morgan fingerprint density at radius 3 is 2.10 bits per heavy atom.